The molecule has 0 saturated carbocycles. The van der Waals surface area contributed by atoms with Crippen molar-refractivity contribution in [1.82, 2.24) is 0 Å². The first-order chi connectivity index (χ1) is 18.7. The molecule has 0 amide bonds. The highest BCUT2D eigenvalue weighted by Crippen LogP contribution is 2.46. The third-order valence-corrected chi connectivity index (χ3v) is 7.36. The molecule has 4 rings (SSSR count). The molecule has 0 atom stereocenters. The lowest BCUT2D eigenvalue weighted by Gasteiger charge is -2.18. The van der Waals surface area contributed by atoms with E-state index >= 15 is 0 Å². The maximum Gasteiger partial charge on any atom is 0.211 e. The molecular weight excluding hydrogens is 524 g/mol. The van der Waals surface area contributed by atoms with Gasteiger partial charge in [-0.2, -0.15) is 0 Å². The van der Waals surface area contributed by atoms with Crippen LogP contribution in [0.4, 0.5) is 11.4 Å². The molecular formula is C28H28N2O8S. The molecule has 204 valence electrons. The topological polar surface area (TPSA) is 142 Å². The van der Waals surface area contributed by atoms with E-state index in [-0.39, 0.29) is 44.3 Å². The molecule has 0 heterocycles. The molecule has 0 fully saturated rings. The number of ether oxygens (including phenoxy) is 6. The maximum atomic E-state index is 13.8. The smallest absolute Gasteiger partial charge is 0.211 e. The summed E-state index contributed by atoms with van der Waals surface area (Å²) in [5.74, 6) is 1.76. The zero-order valence-corrected chi connectivity index (χ0v) is 22.6. The van der Waals surface area contributed by atoms with E-state index in [9.17, 15) is 8.42 Å². The number of nitrogen functional groups attached to an aromatic ring is 2. The summed E-state index contributed by atoms with van der Waals surface area (Å²) in [6, 6.07) is 18.9. The van der Waals surface area contributed by atoms with Crippen molar-refractivity contribution in [3.05, 3.63) is 72.8 Å². The van der Waals surface area contributed by atoms with Gasteiger partial charge in [-0.15, -0.1) is 0 Å². The summed E-state index contributed by atoms with van der Waals surface area (Å²) in [4.78, 5) is -0.213. The molecule has 4 aromatic carbocycles. The summed E-state index contributed by atoms with van der Waals surface area (Å²) in [5.41, 5.74) is 12.7. The van der Waals surface area contributed by atoms with Gasteiger partial charge in [0.05, 0.1) is 38.2 Å². The highest BCUT2D eigenvalue weighted by molar-refractivity contribution is 7.91. The zero-order valence-electron chi connectivity index (χ0n) is 21.8. The number of rotatable bonds is 10. The first-order valence-electron chi connectivity index (χ1n) is 11.5. The molecule has 0 spiro atoms. The van der Waals surface area contributed by atoms with Crippen molar-refractivity contribution >= 4 is 21.2 Å². The van der Waals surface area contributed by atoms with Crippen LogP contribution in [0.5, 0.6) is 46.0 Å². The normalized spacial score (nSPS) is 11.0. The summed E-state index contributed by atoms with van der Waals surface area (Å²) in [6.07, 6.45) is 0. The Morgan fingerprint density at radius 3 is 1.15 bits per heavy atom. The molecule has 0 radical (unpaired) electrons. The monoisotopic (exact) mass is 552 g/mol. The molecule has 0 aliphatic rings. The second-order valence-electron chi connectivity index (χ2n) is 8.17. The van der Waals surface area contributed by atoms with Crippen molar-refractivity contribution in [1.29, 1.82) is 0 Å². The van der Waals surface area contributed by atoms with E-state index < -0.39 is 9.84 Å². The van der Waals surface area contributed by atoms with Crippen LogP contribution in [0.2, 0.25) is 0 Å². The first kappa shape index (κ1) is 27.3. The molecule has 4 N–H and O–H groups in total. The van der Waals surface area contributed by atoms with Gasteiger partial charge in [-0.3, -0.25) is 0 Å². The quantitative estimate of drug-likeness (QED) is 0.249. The molecule has 0 aromatic heterocycles. The van der Waals surface area contributed by atoms with Gasteiger partial charge < -0.3 is 39.9 Å². The van der Waals surface area contributed by atoms with Crippen molar-refractivity contribution < 1.29 is 36.8 Å². The maximum absolute atomic E-state index is 13.8. The number of sulfone groups is 1. The summed E-state index contributed by atoms with van der Waals surface area (Å²) < 4.78 is 61.3. The Bertz CT molecular complexity index is 1440. The van der Waals surface area contributed by atoms with Crippen molar-refractivity contribution in [3.8, 4) is 46.0 Å². The Kier molecular flexibility index (Phi) is 7.91. The van der Waals surface area contributed by atoms with Crippen LogP contribution in [0.25, 0.3) is 0 Å². The number of methoxy groups -OCH3 is 4. The van der Waals surface area contributed by atoms with Gasteiger partial charge in [0.2, 0.25) is 21.3 Å². The molecule has 10 nitrogen and oxygen atoms in total. The fourth-order valence-electron chi connectivity index (χ4n) is 3.75. The Balaban J connectivity index is 1.79. The van der Waals surface area contributed by atoms with Crippen LogP contribution in [0, 0.1) is 0 Å². The van der Waals surface area contributed by atoms with Gasteiger partial charge in [0, 0.05) is 47.8 Å². The summed E-state index contributed by atoms with van der Waals surface area (Å²) >= 11 is 0. The predicted octanol–water partition coefficient (Wildman–Crippen LogP) is 5.30. The van der Waals surface area contributed by atoms with Gasteiger partial charge in [-0.25, -0.2) is 8.42 Å². The van der Waals surface area contributed by atoms with Crippen LogP contribution in [-0.2, 0) is 9.84 Å². The van der Waals surface area contributed by atoms with Crippen LogP contribution < -0.4 is 39.9 Å². The van der Waals surface area contributed by atoms with E-state index in [4.69, 9.17) is 39.9 Å². The number of anilines is 2. The van der Waals surface area contributed by atoms with Crippen LogP contribution in [0.3, 0.4) is 0 Å². The first-order valence-corrected chi connectivity index (χ1v) is 13.0. The molecule has 11 heteroatoms. The molecule has 0 unspecified atom stereocenters. The molecule has 0 aliphatic carbocycles. The minimum absolute atomic E-state index is 0.107. The number of hydrogen-bond acceptors (Lipinski definition) is 10. The van der Waals surface area contributed by atoms with E-state index in [1.165, 1.54) is 52.7 Å². The Labute approximate surface area is 226 Å². The highest BCUT2D eigenvalue weighted by atomic mass is 32.2. The molecule has 0 saturated heterocycles. The van der Waals surface area contributed by atoms with E-state index in [1.54, 1.807) is 48.5 Å². The molecule has 0 bridgehead atoms. The Hall–Kier alpha value is -4.77. The molecule has 39 heavy (non-hydrogen) atoms. The third-order valence-electron chi connectivity index (χ3n) is 5.64. The molecule has 0 aliphatic heterocycles. The van der Waals surface area contributed by atoms with Crippen LogP contribution in [0.1, 0.15) is 0 Å². The minimum Gasteiger partial charge on any atom is -0.493 e. The predicted molar refractivity (Wildman–Crippen MR) is 146 cm³/mol. The number of nitrogens with two attached hydrogens (primary N) is 2. The van der Waals surface area contributed by atoms with Gasteiger partial charge in [-0.1, -0.05) is 12.1 Å². The zero-order chi connectivity index (χ0) is 28.2. The van der Waals surface area contributed by atoms with E-state index in [0.717, 1.165) is 0 Å². The lowest BCUT2D eigenvalue weighted by molar-refractivity contribution is 0.343. The second-order valence-corrected chi connectivity index (χ2v) is 10.1. The van der Waals surface area contributed by atoms with Crippen LogP contribution in [0.15, 0.2) is 82.6 Å². The van der Waals surface area contributed by atoms with Crippen molar-refractivity contribution in [2.75, 3.05) is 39.9 Å². The van der Waals surface area contributed by atoms with Gasteiger partial charge >= 0.3 is 0 Å². The van der Waals surface area contributed by atoms with Gasteiger partial charge in [0.15, 0.2) is 23.0 Å². The van der Waals surface area contributed by atoms with Crippen LogP contribution >= 0.6 is 0 Å². The summed E-state index contributed by atoms with van der Waals surface area (Å²) in [5, 5.41) is 0. The Morgan fingerprint density at radius 1 is 0.538 bits per heavy atom. The Morgan fingerprint density at radius 2 is 0.872 bits per heavy atom. The summed E-state index contributed by atoms with van der Waals surface area (Å²) in [7, 11) is 1.45. The van der Waals surface area contributed by atoms with E-state index in [2.05, 4.69) is 0 Å². The third kappa shape index (κ3) is 5.73. The lowest BCUT2D eigenvalue weighted by Crippen LogP contribution is -2.06. The fraction of sp³-hybridized carbons (Fsp3) is 0.143. The fourth-order valence-corrected chi connectivity index (χ4v) is 5.07. The SMILES string of the molecule is COc1cc(S(=O)(=O)c2cc(OC)c(Oc3cccc(N)c3)c(OC)c2)cc(OC)c1Oc1cccc(N)c1. The second kappa shape index (κ2) is 11.3. The molecule has 4 aromatic rings. The van der Waals surface area contributed by atoms with Crippen molar-refractivity contribution in [3.63, 3.8) is 0 Å². The van der Waals surface area contributed by atoms with Gasteiger partial charge in [0.1, 0.15) is 11.5 Å². The average Bonchev–Trinajstić information content (AvgIpc) is 2.93. The number of hydrogen-bond donors (Lipinski definition) is 2. The van der Waals surface area contributed by atoms with Gasteiger partial charge in [0.25, 0.3) is 0 Å². The van der Waals surface area contributed by atoms with Crippen LogP contribution in [-0.4, -0.2) is 36.9 Å². The average molecular weight is 553 g/mol. The van der Waals surface area contributed by atoms with E-state index in [0.29, 0.717) is 22.9 Å². The van der Waals surface area contributed by atoms with E-state index in [1.807, 2.05) is 0 Å². The van der Waals surface area contributed by atoms with Gasteiger partial charge in [-0.05, 0) is 24.3 Å². The van der Waals surface area contributed by atoms with Crippen molar-refractivity contribution in [2.45, 2.75) is 9.79 Å². The minimum atomic E-state index is -4.13. The standard InChI is InChI=1S/C28H28N2O8S/c1-33-23-13-21(14-24(34-2)27(23)37-19-9-5-7-17(29)11-19)39(31,32)22-15-25(35-3)28(26(16-22)36-4)38-20-10-6-8-18(30)12-20/h5-16H,29-30H2,1-4H3. The highest BCUT2D eigenvalue weighted by Gasteiger charge is 2.27. The largest absolute Gasteiger partial charge is 0.493 e. The number of benzene rings is 4. The lowest BCUT2D eigenvalue weighted by atomic mass is 10.2. The van der Waals surface area contributed by atoms with Crippen molar-refractivity contribution in [2.24, 2.45) is 0 Å². The summed E-state index contributed by atoms with van der Waals surface area (Å²) in [6.45, 7) is 0.